The van der Waals surface area contributed by atoms with Crippen LogP contribution in [-0.2, 0) is 0 Å². The summed E-state index contributed by atoms with van der Waals surface area (Å²) >= 11 is 0. The van der Waals surface area contributed by atoms with Crippen LogP contribution in [0.4, 0.5) is 0 Å². The predicted molar refractivity (Wildman–Crippen MR) is 79.7 cm³/mol. The maximum atomic E-state index is 12.7. The van der Waals surface area contributed by atoms with E-state index >= 15 is 0 Å². The highest BCUT2D eigenvalue weighted by Gasteiger charge is 2.23. The van der Waals surface area contributed by atoms with E-state index in [1.54, 1.807) is 6.20 Å². The minimum Gasteiger partial charge on any atom is -0.337 e. The lowest BCUT2D eigenvalue weighted by atomic mass is 10.0. The van der Waals surface area contributed by atoms with Gasteiger partial charge in [-0.1, -0.05) is 18.2 Å². The minimum absolute atomic E-state index is 0.0808. The van der Waals surface area contributed by atoms with Crippen LogP contribution in [0, 0.1) is 0 Å². The molecule has 1 aromatic heterocycles. The third-order valence-corrected chi connectivity index (χ3v) is 4.02. The Morgan fingerprint density at radius 2 is 2.20 bits per heavy atom. The number of nitrogens with one attached hydrogen (secondary N) is 1. The number of amides is 1. The van der Waals surface area contributed by atoms with Crippen molar-refractivity contribution in [1.82, 2.24) is 15.2 Å². The van der Waals surface area contributed by atoms with Crippen molar-refractivity contribution in [2.75, 3.05) is 20.1 Å². The summed E-state index contributed by atoms with van der Waals surface area (Å²) in [6, 6.07) is 9.89. The number of carbonyl (C=O) groups is 1. The highest BCUT2D eigenvalue weighted by molar-refractivity contribution is 6.05. The van der Waals surface area contributed by atoms with Gasteiger partial charge in [-0.15, -0.1) is 0 Å². The monoisotopic (exact) mass is 269 g/mol. The molecule has 1 fully saturated rings. The van der Waals surface area contributed by atoms with Crippen LogP contribution in [0.3, 0.4) is 0 Å². The molecule has 4 heteroatoms. The van der Waals surface area contributed by atoms with E-state index in [1.165, 1.54) is 0 Å². The van der Waals surface area contributed by atoms with Gasteiger partial charge in [-0.3, -0.25) is 9.78 Å². The Bertz CT molecular complexity index is 615. The summed E-state index contributed by atoms with van der Waals surface area (Å²) in [5.41, 5.74) is 1.61. The van der Waals surface area contributed by atoms with Crippen LogP contribution in [0.15, 0.2) is 36.5 Å². The Morgan fingerprint density at radius 1 is 1.35 bits per heavy atom. The van der Waals surface area contributed by atoms with Gasteiger partial charge in [-0.25, -0.2) is 0 Å². The van der Waals surface area contributed by atoms with Crippen LogP contribution >= 0.6 is 0 Å². The number of carbonyl (C=O) groups excluding carboxylic acids is 1. The number of aromatic nitrogens is 1. The summed E-state index contributed by atoms with van der Waals surface area (Å²) in [6.07, 6.45) is 3.90. The predicted octanol–water partition coefficient (Wildman–Crippen LogP) is 2.06. The van der Waals surface area contributed by atoms with Gasteiger partial charge in [0.05, 0.1) is 11.1 Å². The molecule has 0 saturated carbocycles. The Hall–Kier alpha value is -1.94. The lowest BCUT2D eigenvalue weighted by Crippen LogP contribution is -2.46. The fraction of sp³-hybridized carbons (Fsp3) is 0.375. The van der Waals surface area contributed by atoms with Gasteiger partial charge in [0.2, 0.25) is 0 Å². The first kappa shape index (κ1) is 13.1. The van der Waals surface area contributed by atoms with Crippen molar-refractivity contribution in [1.29, 1.82) is 0 Å². The van der Waals surface area contributed by atoms with Gasteiger partial charge in [-0.2, -0.15) is 0 Å². The Kier molecular flexibility index (Phi) is 3.65. The maximum Gasteiger partial charge on any atom is 0.254 e. The van der Waals surface area contributed by atoms with E-state index < -0.39 is 0 Å². The van der Waals surface area contributed by atoms with Gasteiger partial charge in [-0.05, 0) is 31.5 Å². The summed E-state index contributed by atoms with van der Waals surface area (Å²) in [5, 5.41) is 4.28. The van der Waals surface area contributed by atoms with Crippen LogP contribution in [0.2, 0.25) is 0 Å². The molecule has 4 nitrogen and oxygen atoms in total. The highest BCUT2D eigenvalue weighted by Crippen LogP contribution is 2.19. The Morgan fingerprint density at radius 3 is 3.00 bits per heavy atom. The van der Waals surface area contributed by atoms with E-state index in [1.807, 2.05) is 42.3 Å². The molecule has 1 N–H and O–H groups in total. The van der Waals surface area contributed by atoms with Crippen molar-refractivity contribution in [3.8, 4) is 0 Å². The zero-order valence-electron chi connectivity index (χ0n) is 11.7. The Balaban J connectivity index is 1.92. The summed E-state index contributed by atoms with van der Waals surface area (Å²) in [7, 11) is 1.90. The molecule has 1 aliphatic heterocycles. The zero-order chi connectivity index (χ0) is 13.9. The van der Waals surface area contributed by atoms with Crippen molar-refractivity contribution in [2.24, 2.45) is 0 Å². The summed E-state index contributed by atoms with van der Waals surface area (Å²) in [4.78, 5) is 18.9. The number of nitrogens with zero attached hydrogens (tertiary/aromatic N) is 2. The van der Waals surface area contributed by atoms with Gasteiger partial charge < -0.3 is 10.2 Å². The van der Waals surface area contributed by atoms with Crippen LogP contribution in [0.5, 0.6) is 0 Å². The van der Waals surface area contributed by atoms with Crippen LogP contribution in [0.25, 0.3) is 10.9 Å². The third-order valence-electron chi connectivity index (χ3n) is 4.02. The van der Waals surface area contributed by atoms with Crippen molar-refractivity contribution < 1.29 is 4.79 Å². The second-order valence-electron chi connectivity index (χ2n) is 5.29. The molecule has 1 amide bonds. The first-order chi connectivity index (χ1) is 9.77. The van der Waals surface area contributed by atoms with E-state index in [0.717, 1.165) is 42.4 Å². The van der Waals surface area contributed by atoms with E-state index in [2.05, 4.69) is 10.3 Å². The highest BCUT2D eigenvalue weighted by atomic mass is 16.2. The average Bonchev–Trinajstić information content (AvgIpc) is 2.54. The van der Waals surface area contributed by atoms with Gasteiger partial charge >= 0.3 is 0 Å². The van der Waals surface area contributed by atoms with Crippen molar-refractivity contribution in [2.45, 2.75) is 18.9 Å². The number of rotatable bonds is 2. The Labute approximate surface area is 118 Å². The lowest BCUT2D eigenvalue weighted by molar-refractivity contribution is 0.0710. The molecule has 3 rings (SSSR count). The van der Waals surface area contributed by atoms with Gasteiger partial charge in [0.1, 0.15) is 0 Å². The molecule has 1 atom stereocenters. The van der Waals surface area contributed by atoms with Gasteiger partial charge in [0.15, 0.2) is 0 Å². The van der Waals surface area contributed by atoms with Crippen molar-refractivity contribution >= 4 is 16.8 Å². The second-order valence-corrected chi connectivity index (χ2v) is 5.29. The molecule has 1 saturated heterocycles. The number of hydrogen-bond donors (Lipinski definition) is 1. The molecule has 2 aromatic rings. The molecule has 104 valence electrons. The number of piperidine rings is 1. The third kappa shape index (κ3) is 2.39. The van der Waals surface area contributed by atoms with Gasteiger partial charge in [0.25, 0.3) is 5.91 Å². The number of fused-ring (bicyclic) bond motifs is 1. The molecule has 0 radical (unpaired) electrons. The van der Waals surface area contributed by atoms with Gasteiger partial charge in [0, 0.05) is 31.2 Å². The molecule has 2 heterocycles. The minimum atomic E-state index is 0.0808. The first-order valence-corrected chi connectivity index (χ1v) is 7.09. The quantitative estimate of drug-likeness (QED) is 0.907. The lowest BCUT2D eigenvalue weighted by Gasteiger charge is -2.32. The number of pyridine rings is 1. The second kappa shape index (κ2) is 5.59. The van der Waals surface area contributed by atoms with E-state index in [-0.39, 0.29) is 11.9 Å². The zero-order valence-corrected chi connectivity index (χ0v) is 11.7. The van der Waals surface area contributed by atoms with Crippen LogP contribution < -0.4 is 5.32 Å². The molecule has 20 heavy (non-hydrogen) atoms. The molecule has 0 spiro atoms. The molecule has 0 aliphatic carbocycles. The number of para-hydroxylation sites is 1. The number of likely N-dealkylation sites (N-methyl/N-ethyl adjacent to an activating group) is 1. The first-order valence-electron chi connectivity index (χ1n) is 7.09. The smallest absolute Gasteiger partial charge is 0.254 e. The maximum absolute atomic E-state index is 12.7. The SMILES string of the molecule is CN(C(=O)c1ccnc2ccccc12)C1CCCNC1. The van der Waals surface area contributed by atoms with Crippen molar-refractivity contribution in [3.63, 3.8) is 0 Å². The fourth-order valence-electron chi connectivity index (χ4n) is 2.80. The standard InChI is InChI=1S/C16H19N3O/c1-19(12-5-4-9-17-11-12)16(20)14-8-10-18-15-7-3-2-6-13(14)15/h2-3,6-8,10,12,17H,4-5,9,11H2,1H3. The van der Waals surface area contributed by atoms with Crippen LogP contribution in [0.1, 0.15) is 23.2 Å². The average molecular weight is 269 g/mol. The molecule has 0 bridgehead atoms. The molecule has 1 aliphatic rings. The molecule has 1 unspecified atom stereocenters. The van der Waals surface area contributed by atoms with E-state index in [0.29, 0.717) is 0 Å². The normalized spacial score (nSPS) is 18.9. The molecular weight excluding hydrogens is 250 g/mol. The van der Waals surface area contributed by atoms with Crippen molar-refractivity contribution in [3.05, 3.63) is 42.1 Å². The fourth-order valence-corrected chi connectivity index (χ4v) is 2.80. The largest absolute Gasteiger partial charge is 0.337 e. The number of hydrogen-bond acceptors (Lipinski definition) is 3. The summed E-state index contributed by atoms with van der Waals surface area (Å²) in [5.74, 6) is 0.0808. The summed E-state index contributed by atoms with van der Waals surface area (Å²) < 4.78 is 0. The summed E-state index contributed by atoms with van der Waals surface area (Å²) in [6.45, 7) is 1.93. The van der Waals surface area contributed by atoms with E-state index in [4.69, 9.17) is 0 Å². The van der Waals surface area contributed by atoms with E-state index in [9.17, 15) is 4.79 Å². The molecule has 1 aromatic carbocycles. The topological polar surface area (TPSA) is 45.2 Å². The number of benzene rings is 1. The van der Waals surface area contributed by atoms with Crippen LogP contribution in [-0.4, -0.2) is 42.0 Å². The molecular formula is C16H19N3O.